The van der Waals surface area contributed by atoms with Gasteiger partial charge in [0.15, 0.2) is 11.5 Å². The summed E-state index contributed by atoms with van der Waals surface area (Å²) in [5.74, 6) is 0.613. The molecule has 12 heteroatoms. The largest absolute Gasteiger partial charge is 0.490 e. The van der Waals surface area contributed by atoms with Crippen LogP contribution in [0.2, 0.25) is 0 Å². The summed E-state index contributed by atoms with van der Waals surface area (Å²) in [5.41, 5.74) is 3.44. The summed E-state index contributed by atoms with van der Waals surface area (Å²) in [7, 11) is 0. The van der Waals surface area contributed by atoms with Crippen LogP contribution in [-0.4, -0.2) is 28.6 Å². The molecule has 0 heterocycles. The molecule has 12 nitrogen and oxygen atoms in total. The summed E-state index contributed by atoms with van der Waals surface area (Å²) >= 11 is 0. The third-order valence-corrected chi connectivity index (χ3v) is 5.58. The number of nitro groups is 2. The van der Waals surface area contributed by atoms with Crippen molar-refractivity contribution in [3.63, 3.8) is 0 Å². The molecule has 4 aromatic rings. The lowest BCUT2D eigenvalue weighted by Crippen LogP contribution is -2.17. The van der Waals surface area contributed by atoms with Gasteiger partial charge in [-0.1, -0.05) is 30.3 Å². The van der Waals surface area contributed by atoms with Crippen molar-refractivity contribution < 1.29 is 28.9 Å². The minimum atomic E-state index is -0.755. The van der Waals surface area contributed by atoms with Crippen LogP contribution in [0.1, 0.15) is 28.4 Å². The van der Waals surface area contributed by atoms with Crippen molar-refractivity contribution in [1.82, 2.24) is 5.43 Å². The zero-order chi connectivity index (χ0) is 29.2. The van der Waals surface area contributed by atoms with E-state index in [-0.39, 0.29) is 11.5 Å². The van der Waals surface area contributed by atoms with Crippen LogP contribution in [0.5, 0.6) is 23.0 Å². The van der Waals surface area contributed by atoms with E-state index in [9.17, 15) is 25.0 Å². The number of amides is 1. The number of nitrogens with zero attached hydrogens (tertiary/aromatic N) is 3. The molecule has 0 saturated carbocycles. The highest BCUT2D eigenvalue weighted by molar-refractivity contribution is 5.95. The van der Waals surface area contributed by atoms with Crippen molar-refractivity contribution in [2.75, 3.05) is 6.61 Å². The Balaban J connectivity index is 1.37. The normalized spacial score (nSPS) is 10.7. The summed E-state index contributed by atoms with van der Waals surface area (Å²) in [4.78, 5) is 33.4. The monoisotopic (exact) mass is 556 g/mol. The number of carbonyl (C=O) groups excluding carboxylic acids is 1. The number of non-ortho nitro benzene ring substituents is 1. The van der Waals surface area contributed by atoms with E-state index in [1.54, 1.807) is 30.3 Å². The van der Waals surface area contributed by atoms with Crippen LogP contribution in [-0.2, 0) is 6.61 Å². The Hall–Kier alpha value is -5.78. The molecule has 0 aliphatic heterocycles. The van der Waals surface area contributed by atoms with Crippen LogP contribution < -0.4 is 19.6 Å². The second kappa shape index (κ2) is 13.3. The molecule has 41 heavy (non-hydrogen) atoms. The molecule has 1 amide bonds. The van der Waals surface area contributed by atoms with E-state index in [0.717, 1.165) is 17.7 Å². The fraction of sp³-hybridized carbons (Fsp3) is 0.103. The van der Waals surface area contributed by atoms with E-state index in [0.29, 0.717) is 35.8 Å². The molecule has 0 aromatic heterocycles. The molecule has 0 radical (unpaired) electrons. The average Bonchev–Trinajstić information content (AvgIpc) is 2.98. The Morgan fingerprint density at radius 1 is 0.854 bits per heavy atom. The summed E-state index contributed by atoms with van der Waals surface area (Å²) in [6.07, 6.45) is 1.41. The second-order valence-corrected chi connectivity index (χ2v) is 8.41. The number of nitro benzene ring substituents is 2. The number of carbonyl (C=O) groups is 1. The van der Waals surface area contributed by atoms with Crippen LogP contribution in [0, 0.1) is 20.2 Å². The summed E-state index contributed by atoms with van der Waals surface area (Å²) in [6, 6.07) is 24.0. The number of nitrogens with one attached hydrogen (secondary N) is 1. The van der Waals surface area contributed by atoms with Gasteiger partial charge >= 0.3 is 5.69 Å². The molecule has 4 rings (SSSR count). The lowest BCUT2D eigenvalue weighted by atomic mass is 10.2. The molecule has 208 valence electrons. The standard InChI is InChI=1S/C29H24N4O8/c1-2-39-28-16-22(10-14-27(28)40-19-21-6-4-3-5-7-21)29(34)31-30-18-20-8-12-24(13-9-20)41-26-15-11-23(32(35)36)17-25(26)33(37)38/h3-18H,2,19H2,1H3,(H,31,34)/b30-18+. The predicted molar refractivity (Wildman–Crippen MR) is 150 cm³/mol. The van der Waals surface area contributed by atoms with Gasteiger partial charge in [0.25, 0.3) is 11.6 Å². The van der Waals surface area contributed by atoms with Crippen LogP contribution >= 0.6 is 0 Å². The van der Waals surface area contributed by atoms with Crippen molar-refractivity contribution in [3.8, 4) is 23.0 Å². The Bertz CT molecular complexity index is 1570. The lowest BCUT2D eigenvalue weighted by molar-refractivity contribution is -0.394. The topological polar surface area (TPSA) is 155 Å². The Morgan fingerprint density at radius 2 is 1.59 bits per heavy atom. The highest BCUT2D eigenvalue weighted by atomic mass is 16.6. The van der Waals surface area contributed by atoms with Crippen LogP contribution in [0.25, 0.3) is 0 Å². The van der Waals surface area contributed by atoms with Crippen molar-refractivity contribution >= 4 is 23.5 Å². The van der Waals surface area contributed by atoms with Gasteiger partial charge in [-0.05, 0) is 66.6 Å². The quantitative estimate of drug-likeness (QED) is 0.126. The minimum Gasteiger partial charge on any atom is -0.490 e. The number of rotatable bonds is 12. The molecule has 0 saturated heterocycles. The Kier molecular flexibility index (Phi) is 9.18. The van der Waals surface area contributed by atoms with E-state index in [1.165, 1.54) is 24.4 Å². The lowest BCUT2D eigenvalue weighted by Gasteiger charge is -2.13. The average molecular weight is 557 g/mol. The van der Waals surface area contributed by atoms with E-state index in [1.807, 2.05) is 37.3 Å². The van der Waals surface area contributed by atoms with E-state index < -0.39 is 27.1 Å². The third-order valence-electron chi connectivity index (χ3n) is 5.58. The fourth-order valence-corrected chi connectivity index (χ4v) is 3.60. The molecule has 0 fully saturated rings. The summed E-state index contributed by atoms with van der Waals surface area (Å²) < 4.78 is 17.1. The van der Waals surface area contributed by atoms with Crippen molar-refractivity contribution in [3.05, 3.63) is 128 Å². The number of hydrazone groups is 1. The van der Waals surface area contributed by atoms with Gasteiger partial charge in [0, 0.05) is 11.6 Å². The number of ether oxygens (including phenoxy) is 3. The molecule has 1 N–H and O–H groups in total. The van der Waals surface area contributed by atoms with Crippen molar-refractivity contribution in [2.24, 2.45) is 5.10 Å². The molecule has 0 aliphatic carbocycles. The smallest absolute Gasteiger partial charge is 0.318 e. The highest BCUT2D eigenvalue weighted by Crippen LogP contribution is 2.34. The van der Waals surface area contributed by atoms with Gasteiger partial charge in [0.2, 0.25) is 5.75 Å². The molecule has 4 aromatic carbocycles. The second-order valence-electron chi connectivity index (χ2n) is 8.41. The maximum absolute atomic E-state index is 12.7. The molecule has 0 spiro atoms. The Labute approximate surface area is 234 Å². The maximum atomic E-state index is 12.7. The minimum absolute atomic E-state index is 0.141. The molecule has 0 unspecified atom stereocenters. The highest BCUT2D eigenvalue weighted by Gasteiger charge is 2.21. The van der Waals surface area contributed by atoms with E-state index in [2.05, 4.69) is 10.5 Å². The van der Waals surface area contributed by atoms with Gasteiger partial charge in [-0.25, -0.2) is 5.43 Å². The zero-order valence-electron chi connectivity index (χ0n) is 21.8. The van der Waals surface area contributed by atoms with Crippen LogP contribution in [0.15, 0.2) is 96.1 Å². The van der Waals surface area contributed by atoms with E-state index >= 15 is 0 Å². The molecular formula is C29H24N4O8. The zero-order valence-corrected chi connectivity index (χ0v) is 21.8. The fourth-order valence-electron chi connectivity index (χ4n) is 3.60. The van der Waals surface area contributed by atoms with Crippen molar-refractivity contribution in [2.45, 2.75) is 13.5 Å². The molecule has 0 atom stereocenters. The van der Waals surface area contributed by atoms with Gasteiger partial charge in [-0.3, -0.25) is 25.0 Å². The molecule has 0 aliphatic rings. The van der Waals surface area contributed by atoms with Gasteiger partial charge in [-0.15, -0.1) is 0 Å². The summed E-state index contributed by atoms with van der Waals surface area (Å²) in [6.45, 7) is 2.58. The third kappa shape index (κ3) is 7.63. The van der Waals surface area contributed by atoms with Crippen molar-refractivity contribution in [1.29, 1.82) is 0 Å². The predicted octanol–water partition coefficient (Wildman–Crippen LogP) is 6.04. The van der Waals surface area contributed by atoms with Crippen LogP contribution in [0.4, 0.5) is 11.4 Å². The van der Waals surface area contributed by atoms with Gasteiger partial charge in [0.1, 0.15) is 12.4 Å². The number of hydrogen-bond acceptors (Lipinski definition) is 9. The SMILES string of the molecule is CCOc1cc(C(=O)N/N=C/c2ccc(Oc3ccc([N+](=O)[O-])cc3[N+](=O)[O-])cc2)ccc1OCc1ccccc1. The number of hydrogen-bond donors (Lipinski definition) is 1. The van der Waals surface area contributed by atoms with Crippen LogP contribution in [0.3, 0.4) is 0 Å². The van der Waals surface area contributed by atoms with E-state index in [4.69, 9.17) is 14.2 Å². The molecular weight excluding hydrogens is 532 g/mol. The Morgan fingerprint density at radius 3 is 2.27 bits per heavy atom. The number of benzene rings is 4. The molecule has 0 bridgehead atoms. The maximum Gasteiger partial charge on any atom is 0.318 e. The first-order chi connectivity index (χ1) is 19.8. The van der Waals surface area contributed by atoms with Gasteiger partial charge in [-0.2, -0.15) is 5.10 Å². The first-order valence-corrected chi connectivity index (χ1v) is 12.3. The van der Waals surface area contributed by atoms with Gasteiger partial charge < -0.3 is 14.2 Å². The first-order valence-electron chi connectivity index (χ1n) is 12.3. The summed E-state index contributed by atoms with van der Waals surface area (Å²) in [5, 5.41) is 26.2. The van der Waals surface area contributed by atoms with Gasteiger partial charge in [0.05, 0.1) is 28.7 Å². The first kappa shape index (κ1) is 28.2.